The number of likely N-dealkylation sites (tertiary alicyclic amines) is 1. The van der Waals surface area contributed by atoms with Gasteiger partial charge in [-0.3, -0.25) is 14.4 Å². The SMILES string of the molecule is COc1cccc(CN(C(=O)c2ccc(C)cc2)C2(C(=O)NCc3ccccc3)CCN(C(C)=O)CC2)c1OC. The largest absolute Gasteiger partial charge is 0.493 e. The molecule has 3 aromatic rings. The van der Waals surface area contributed by atoms with Crippen LogP contribution in [0.4, 0.5) is 0 Å². The molecule has 0 bridgehead atoms. The Kier molecular flexibility index (Phi) is 9.09. The van der Waals surface area contributed by atoms with Gasteiger partial charge in [0.1, 0.15) is 5.54 Å². The van der Waals surface area contributed by atoms with Gasteiger partial charge in [-0.2, -0.15) is 0 Å². The fourth-order valence-corrected chi connectivity index (χ4v) is 5.27. The average Bonchev–Trinajstić information content (AvgIpc) is 2.98. The number of nitrogens with one attached hydrogen (secondary N) is 1. The molecule has 1 fully saturated rings. The summed E-state index contributed by atoms with van der Waals surface area (Å²) in [7, 11) is 3.12. The monoisotopic (exact) mass is 543 g/mol. The van der Waals surface area contributed by atoms with E-state index in [-0.39, 0.29) is 24.3 Å². The molecule has 0 radical (unpaired) electrons. The second-order valence-electron chi connectivity index (χ2n) is 10.1. The fraction of sp³-hybridized carbons (Fsp3) is 0.344. The van der Waals surface area contributed by atoms with E-state index in [2.05, 4.69) is 5.32 Å². The molecule has 0 saturated carbocycles. The molecule has 4 rings (SSSR count). The van der Waals surface area contributed by atoms with Gasteiger partial charge in [0, 0.05) is 37.7 Å². The van der Waals surface area contributed by atoms with Crippen LogP contribution in [0.15, 0.2) is 72.8 Å². The Morgan fingerprint density at radius 2 is 1.57 bits per heavy atom. The maximum atomic E-state index is 14.3. The van der Waals surface area contributed by atoms with Gasteiger partial charge >= 0.3 is 0 Å². The number of carbonyl (C=O) groups excluding carboxylic acids is 3. The highest BCUT2D eigenvalue weighted by Gasteiger charge is 2.49. The van der Waals surface area contributed by atoms with Crippen molar-refractivity contribution in [3.63, 3.8) is 0 Å². The highest BCUT2D eigenvalue weighted by molar-refractivity contribution is 5.99. The average molecular weight is 544 g/mol. The molecule has 3 aromatic carbocycles. The first-order valence-corrected chi connectivity index (χ1v) is 13.5. The van der Waals surface area contributed by atoms with E-state index in [1.165, 1.54) is 6.92 Å². The predicted octanol–water partition coefficient (Wildman–Crippen LogP) is 4.35. The van der Waals surface area contributed by atoms with Gasteiger partial charge in [-0.25, -0.2) is 0 Å². The molecular formula is C32H37N3O5. The molecule has 210 valence electrons. The quantitative estimate of drug-likeness (QED) is 0.434. The summed E-state index contributed by atoms with van der Waals surface area (Å²) in [6, 6.07) is 22.5. The van der Waals surface area contributed by atoms with Crippen molar-refractivity contribution in [2.75, 3.05) is 27.3 Å². The number of ether oxygens (including phenoxy) is 2. The number of carbonyl (C=O) groups is 3. The lowest BCUT2D eigenvalue weighted by Crippen LogP contribution is -2.64. The van der Waals surface area contributed by atoms with Crippen molar-refractivity contribution in [1.29, 1.82) is 0 Å². The topological polar surface area (TPSA) is 88.2 Å². The van der Waals surface area contributed by atoms with Crippen molar-refractivity contribution in [3.05, 3.63) is 95.1 Å². The molecule has 8 heteroatoms. The zero-order valence-corrected chi connectivity index (χ0v) is 23.6. The summed E-state index contributed by atoms with van der Waals surface area (Å²) in [5, 5.41) is 3.09. The molecule has 3 amide bonds. The highest BCUT2D eigenvalue weighted by Crippen LogP contribution is 2.37. The normalized spacial score (nSPS) is 14.2. The molecule has 0 unspecified atom stereocenters. The van der Waals surface area contributed by atoms with Crippen LogP contribution in [0, 0.1) is 6.92 Å². The number of piperidine rings is 1. The summed E-state index contributed by atoms with van der Waals surface area (Å²) in [6.07, 6.45) is 0.605. The Bertz CT molecular complexity index is 1330. The Morgan fingerprint density at radius 1 is 0.900 bits per heavy atom. The number of nitrogens with zero attached hydrogens (tertiary/aromatic N) is 2. The van der Waals surface area contributed by atoms with Gasteiger partial charge in [-0.1, -0.05) is 60.2 Å². The highest BCUT2D eigenvalue weighted by atomic mass is 16.5. The summed E-state index contributed by atoms with van der Waals surface area (Å²) >= 11 is 0. The Hall–Kier alpha value is -4.33. The molecule has 1 heterocycles. The van der Waals surface area contributed by atoms with Gasteiger partial charge in [-0.05, 0) is 43.5 Å². The van der Waals surface area contributed by atoms with Crippen LogP contribution >= 0.6 is 0 Å². The molecule has 1 N–H and O–H groups in total. The van der Waals surface area contributed by atoms with Gasteiger partial charge in [0.2, 0.25) is 11.8 Å². The van der Waals surface area contributed by atoms with Crippen LogP contribution in [0.1, 0.15) is 46.8 Å². The standard InChI is InChI=1S/C32H37N3O5/c1-23-13-15-26(16-14-23)30(37)35(22-27-11-8-12-28(39-3)29(27)40-4)32(17-19-34(20-18-32)24(2)36)31(38)33-21-25-9-6-5-7-10-25/h5-16H,17-22H2,1-4H3,(H,33,38). The molecule has 0 aromatic heterocycles. The Balaban J connectivity index is 1.79. The minimum atomic E-state index is -1.20. The van der Waals surface area contributed by atoms with E-state index in [0.29, 0.717) is 55.1 Å². The van der Waals surface area contributed by atoms with Gasteiger partial charge in [0.05, 0.1) is 20.8 Å². The third-order valence-corrected chi connectivity index (χ3v) is 7.63. The van der Waals surface area contributed by atoms with Crippen LogP contribution in [-0.4, -0.2) is 60.4 Å². The number of benzene rings is 3. The fourth-order valence-electron chi connectivity index (χ4n) is 5.27. The van der Waals surface area contributed by atoms with Crippen LogP contribution in [-0.2, 0) is 22.7 Å². The van der Waals surface area contributed by atoms with E-state index < -0.39 is 5.54 Å². The Morgan fingerprint density at radius 3 is 2.17 bits per heavy atom. The van der Waals surface area contributed by atoms with E-state index in [9.17, 15) is 14.4 Å². The van der Waals surface area contributed by atoms with E-state index in [1.807, 2.05) is 61.5 Å². The second-order valence-corrected chi connectivity index (χ2v) is 10.1. The number of hydrogen-bond donors (Lipinski definition) is 1. The number of amides is 3. The number of methoxy groups -OCH3 is 2. The second kappa shape index (κ2) is 12.7. The van der Waals surface area contributed by atoms with Crippen molar-refractivity contribution < 1.29 is 23.9 Å². The lowest BCUT2D eigenvalue weighted by atomic mass is 9.83. The molecule has 40 heavy (non-hydrogen) atoms. The Labute approximate surface area is 235 Å². The molecular weight excluding hydrogens is 506 g/mol. The maximum Gasteiger partial charge on any atom is 0.255 e. The molecule has 1 aliphatic rings. The first-order chi connectivity index (χ1) is 19.3. The van der Waals surface area contributed by atoms with Crippen LogP contribution < -0.4 is 14.8 Å². The van der Waals surface area contributed by atoms with Crippen molar-refractivity contribution in [2.24, 2.45) is 0 Å². The molecule has 1 aliphatic heterocycles. The maximum absolute atomic E-state index is 14.3. The summed E-state index contributed by atoms with van der Waals surface area (Å²) in [6.45, 7) is 4.66. The third kappa shape index (κ3) is 6.11. The van der Waals surface area contributed by atoms with Crippen LogP contribution in [0.2, 0.25) is 0 Å². The molecule has 1 saturated heterocycles. The van der Waals surface area contributed by atoms with Gasteiger partial charge < -0.3 is 24.6 Å². The van der Waals surface area contributed by atoms with Crippen LogP contribution in [0.5, 0.6) is 11.5 Å². The lowest BCUT2D eigenvalue weighted by molar-refractivity contribution is -0.141. The van der Waals surface area contributed by atoms with Crippen molar-refractivity contribution in [2.45, 2.75) is 45.3 Å². The summed E-state index contributed by atoms with van der Waals surface area (Å²) < 4.78 is 11.2. The van der Waals surface area contributed by atoms with Crippen LogP contribution in [0.3, 0.4) is 0 Å². The van der Waals surface area contributed by atoms with Crippen molar-refractivity contribution in [3.8, 4) is 11.5 Å². The number of para-hydroxylation sites is 1. The third-order valence-electron chi connectivity index (χ3n) is 7.63. The predicted molar refractivity (Wildman–Crippen MR) is 153 cm³/mol. The molecule has 8 nitrogen and oxygen atoms in total. The zero-order valence-electron chi connectivity index (χ0n) is 23.6. The van der Waals surface area contributed by atoms with Gasteiger partial charge in [-0.15, -0.1) is 0 Å². The van der Waals surface area contributed by atoms with E-state index in [4.69, 9.17) is 9.47 Å². The molecule has 0 aliphatic carbocycles. The lowest BCUT2D eigenvalue weighted by Gasteiger charge is -2.47. The van der Waals surface area contributed by atoms with E-state index >= 15 is 0 Å². The van der Waals surface area contributed by atoms with E-state index in [1.54, 1.807) is 42.2 Å². The first-order valence-electron chi connectivity index (χ1n) is 13.5. The van der Waals surface area contributed by atoms with E-state index in [0.717, 1.165) is 11.1 Å². The molecule has 0 spiro atoms. The summed E-state index contributed by atoms with van der Waals surface area (Å²) in [5.74, 6) is 0.478. The summed E-state index contributed by atoms with van der Waals surface area (Å²) in [4.78, 5) is 44.1. The van der Waals surface area contributed by atoms with Crippen LogP contribution in [0.25, 0.3) is 0 Å². The number of rotatable bonds is 9. The van der Waals surface area contributed by atoms with Gasteiger partial charge in [0.15, 0.2) is 11.5 Å². The van der Waals surface area contributed by atoms with Crippen molar-refractivity contribution >= 4 is 17.7 Å². The van der Waals surface area contributed by atoms with Gasteiger partial charge in [0.25, 0.3) is 5.91 Å². The smallest absolute Gasteiger partial charge is 0.255 e. The zero-order chi connectivity index (χ0) is 28.7. The first kappa shape index (κ1) is 28.7. The number of aryl methyl sites for hydroxylation is 1. The summed E-state index contributed by atoms with van der Waals surface area (Å²) in [5.41, 5.74) is 1.99. The van der Waals surface area contributed by atoms with Crippen molar-refractivity contribution in [1.82, 2.24) is 15.1 Å². The molecule has 0 atom stereocenters. The number of hydrogen-bond acceptors (Lipinski definition) is 5. The minimum absolute atomic E-state index is 0.0517. The minimum Gasteiger partial charge on any atom is -0.493 e.